The summed E-state index contributed by atoms with van der Waals surface area (Å²) in [6.45, 7) is 0. The highest BCUT2D eigenvalue weighted by atomic mass is 35.5. The summed E-state index contributed by atoms with van der Waals surface area (Å²) in [5.41, 5.74) is 1.34. The predicted molar refractivity (Wildman–Crippen MR) is 114 cm³/mol. The Morgan fingerprint density at radius 1 is 0.966 bits per heavy atom. The first-order chi connectivity index (χ1) is 13.8. The smallest absolute Gasteiger partial charge is 0.261 e. The van der Waals surface area contributed by atoms with E-state index in [-0.39, 0.29) is 28.7 Å². The minimum atomic E-state index is -3.93. The lowest BCUT2D eigenvalue weighted by Crippen LogP contribution is -2.15. The minimum Gasteiger partial charge on any atom is -0.506 e. The summed E-state index contributed by atoms with van der Waals surface area (Å²) in [4.78, 5) is 12.1. The van der Waals surface area contributed by atoms with Gasteiger partial charge in [0.1, 0.15) is 5.75 Å². The Balaban J connectivity index is 1.72. The van der Waals surface area contributed by atoms with Crippen molar-refractivity contribution in [2.75, 3.05) is 10.0 Å². The molecule has 0 radical (unpaired) electrons. The number of sulfonamides is 1. The van der Waals surface area contributed by atoms with E-state index in [1.54, 1.807) is 18.2 Å². The van der Waals surface area contributed by atoms with E-state index in [0.717, 1.165) is 5.56 Å². The Labute approximate surface area is 174 Å². The van der Waals surface area contributed by atoms with Crippen molar-refractivity contribution >= 4 is 38.9 Å². The molecule has 0 heterocycles. The van der Waals surface area contributed by atoms with Gasteiger partial charge in [0.05, 0.1) is 16.3 Å². The molecule has 29 heavy (non-hydrogen) atoms. The van der Waals surface area contributed by atoms with Crippen molar-refractivity contribution < 1.29 is 18.3 Å². The van der Waals surface area contributed by atoms with Crippen LogP contribution in [-0.4, -0.2) is 19.4 Å². The quantitative estimate of drug-likeness (QED) is 0.483. The predicted octanol–water partition coefficient (Wildman–Crippen LogP) is 4.42. The Kier molecular flexibility index (Phi) is 6.41. The van der Waals surface area contributed by atoms with Crippen molar-refractivity contribution in [2.45, 2.75) is 17.7 Å². The standard InChI is InChI=1S/C21H19ClN2O4S/c22-16-7-4-8-17(13-16)24-29(27,28)18-10-11-20(25)19(14-18)23-21(26)12-9-15-5-2-1-3-6-15/h1-8,10-11,13-14,24-25H,9,12H2,(H,23,26). The van der Waals surface area contributed by atoms with Crippen LogP contribution in [0.3, 0.4) is 0 Å². The second kappa shape index (κ2) is 8.98. The summed E-state index contributed by atoms with van der Waals surface area (Å²) in [6.07, 6.45) is 0.725. The molecule has 6 nitrogen and oxygen atoms in total. The number of nitrogens with one attached hydrogen (secondary N) is 2. The highest BCUT2D eigenvalue weighted by molar-refractivity contribution is 7.92. The normalized spacial score (nSPS) is 11.1. The third kappa shape index (κ3) is 5.73. The lowest BCUT2D eigenvalue weighted by Gasteiger charge is -2.12. The molecule has 0 fully saturated rings. The van der Waals surface area contributed by atoms with E-state index in [1.807, 2.05) is 30.3 Å². The van der Waals surface area contributed by atoms with E-state index in [9.17, 15) is 18.3 Å². The zero-order valence-corrected chi connectivity index (χ0v) is 16.9. The van der Waals surface area contributed by atoms with Crippen molar-refractivity contribution in [3.05, 3.63) is 83.4 Å². The van der Waals surface area contributed by atoms with Crippen molar-refractivity contribution in [1.82, 2.24) is 0 Å². The fourth-order valence-electron chi connectivity index (χ4n) is 2.66. The maximum atomic E-state index is 12.6. The monoisotopic (exact) mass is 430 g/mol. The van der Waals surface area contributed by atoms with Crippen LogP contribution < -0.4 is 10.0 Å². The molecule has 0 bridgehead atoms. The number of aromatic hydroxyl groups is 1. The zero-order chi connectivity index (χ0) is 20.9. The Morgan fingerprint density at radius 2 is 1.72 bits per heavy atom. The van der Waals surface area contributed by atoms with Gasteiger partial charge in [0.25, 0.3) is 10.0 Å². The molecule has 0 spiro atoms. The molecular weight excluding hydrogens is 412 g/mol. The molecule has 0 unspecified atom stereocenters. The molecule has 3 N–H and O–H groups in total. The van der Waals surface area contributed by atoms with Gasteiger partial charge in [-0.3, -0.25) is 9.52 Å². The number of carbonyl (C=O) groups is 1. The van der Waals surface area contributed by atoms with Crippen LogP contribution in [0, 0.1) is 0 Å². The van der Waals surface area contributed by atoms with Gasteiger partial charge >= 0.3 is 0 Å². The second-order valence-electron chi connectivity index (χ2n) is 6.33. The SMILES string of the molecule is O=C(CCc1ccccc1)Nc1cc(S(=O)(=O)Nc2cccc(Cl)c2)ccc1O. The lowest BCUT2D eigenvalue weighted by atomic mass is 10.1. The molecule has 3 aromatic rings. The van der Waals surface area contributed by atoms with Gasteiger partial charge in [0.2, 0.25) is 5.91 Å². The fraction of sp³-hybridized carbons (Fsp3) is 0.0952. The Morgan fingerprint density at radius 3 is 2.45 bits per heavy atom. The number of aryl methyl sites for hydroxylation is 1. The Hall–Kier alpha value is -3.03. The molecule has 3 rings (SSSR count). The van der Waals surface area contributed by atoms with Gasteiger partial charge in [-0.1, -0.05) is 48.0 Å². The molecule has 150 valence electrons. The van der Waals surface area contributed by atoms with Crippen LogP contribution in [0.1, 0.15) is 12.0 Å². The van der Waals surface area contributed by atoms with Crippen LogP contribution in [0.15, 0.2) is 77.7 Å². The highest BCUT2D eigenvalue weighted by Crippen LogP contribution is 2.28. The summed E-state index contributed by atoms with van der Waals surface area (Å²) in [6, 6.07) is 19.5. The molecular formula is C21H19ClN2O4S. The van der Waals surface area contributed by atoms with Gasteiger partial charge in [-0.15, -0.1) is 0 Å². The lowest BCUT2D eigenvalue weighted by molar-refractivity contribution is -0.116. The van der Waals surface area contributed by atoms with Crippen LogP contribution >= 0.6 is 11.6 Å². The number of rotatable bonds is 7. The number of amides is 1. The topological polar surface area (TPSA) is 95.5 Å². The second-order valence-corrected chi connectivity index (χ2v) is 8.45. The molecule has 3 aromatic carbocycles. The third-order valence-electron chi connectivity index (χ3n) is 4.11. The van der Waals surface area contributed by atoms with Gasteiger partial charge in [0.15, 0.2) is 0 Å². The molecule has 0 atom stereocenters. The summed E-state index contributed by atoms with van der Waals surface area (Å²) in [7, 11) is -3.93. The maximum absolute atomic E-state index is 12.6. The van der Waals surface area contributed by atoms with Crippen molar-refractivity contribution in [2.24, 2.45) is 0 Å². The van der Waals surface area contributed by atoms with E-state index in [2.05, 4.69) is 10.0 Å². The number of carbonyl (C=O) groups excluding carboxylic acids is 1. The molecule has 0 saturated carbocycles. The number of anilines is 2. The van der Waals surface area contributed by atoms with Crippen LogP contribution in [0.2, 0.25) is 5.02 Å². The van der Waals surface area contributed by atoms with Crippen LogP contribution in [0.4, 0.5) is 11.4 Å². The number of benzene rings is 3. The largest absolute Gasteiger partial charge is 0.506 e. The van der Waals surface area contributed by atoms with Gasteiger partial charge in [0, 0.05) is 11.4 Å². The van der Waals surface area contributed by atoms with Crippen LogP contribution in [-0.2, 0) is 21.2 Å². The van der Waals surface area contributed by atoms with E-state index in [4.69, 9.17) is 11.6 Å². The average molecular weight is 431 g/mol. The van der Waals surface area contributed by atoms with Gasteiger partial charge in [-0.2, -0.15) is 0 Å². The number of hydrogen-bond donors (Lipinski definition) is 3. The minimum absolute atomic E-state index is 0.0250. The van der Waals surface area contributed by atoms with Gasteiger partial charge < -0.3 is 10.4 Å². The van der Waals surface area contributed by atoms with E-state index in [0.29, 0.717) is 17.1 Å². The summed E-state index contributed by atoms with van der Waals surface area (Å²) in [5, 5.41) is 13.0. The Bertz CT molecular complexity index is 1120. The van der Waals surface area contributed by atoms with E-state index < -0.39 is 10.0 Å². The number of hydrogen-bond acceptors (Lipinski definition) is 4. The van der Waals surface area contributed by atoms with E-state index >= 15 is 0 Å². The highest BCUT2D eigenvalue weighted by Gasteiger charge is 2.17. The van der Waals surface area contributed by atoms with Crippen LogP contribution in [0.5, 0.6) is 5.75 Å². The molecule has 0 aliphatic heterocycles. The van der Waals surface area contributed by atoms with E-state index in [1.165, 1.54) is 24.3 Å². The fourth-order valence-corrected chi connectivity index (χ4v) is 3.93. The summed E-state index contributed by atoms with van der Waals surface area (Å²) in [5.74, 6) is -0.554. The summed E-state index contributed by atoms with van der Waals surface area (Å²) < 4.78 is 27.7. The zero-order valence-electron chi connectivity index (χ0n) is 15.3. The number of halogens is 1. The molecule has 1 amide bonds. The van der Waals surface area contributed by atoms with Crippen LogP contribution in [0.25, 0.3) is 0 Å². The first kappa shape index (κ1) is 20.7. The molecule has 0 aliphatic rings. The average Bonchev–Trinajstić information content (AvgIpc) is 2.68. The van der Waals surface area contributed by atoms with Crippen molar-refractivity contribution in [1.29, 1.82) is 0 Å². The van der Waals surface area contributed by atoms with Gasteiger partial charge in [-0.25, -0.2) is 8.42 Å². The third-order valence-corrected chi connectivity index (χ3v) is 5.73. The van der Waals surface area contributed by atoms with Crippen molar-refractivity contribution in [3.63, 3.8) is 0 Å². The van der Waals surface area contributed by atoms with Crippen molar-refractivity contribution in [3.8, 4) is 5.75 Å². The first-order valence-corrected chi connectivity index (χ1v) is 10.6. The molecule has 0 saturated heterocycles. The summed E-state index contributed by atoms with van der Waals surface area (Å²) >= 11 is 5.88. The molecule has 0 aliphatic carbocycles. The van der Waals surface area contributed by atoms with Gasteiger partial charge in [-0.05, 0) is 48.4 Å². The first-order valence-electron chi connectivity index (χ1n) is 8.79. The number of phenolic OH excluding ortho intramolecular Hbond substituents is 1. The maximum Gasteiger partial charge on any atom is 0.261 e. The molecule has 0 aromatic heterocycles. The molecule has 8 heteroatoms. The number of phenols is 1.